The molecule has 1 fully saturated rings. The van der Waals surface area contributed by atoms with Crippen LogP contribution in [-0.2, 0) is 4.79 Å². The van der Waals surface area contributed by atoms with Crippen LogP contribution in [0.2, 0.25) is 0 Å². The lowest BCUT2D eigenvalue weighted by Gasteiger charge is -2.17. The first-order valence-corrected chi connectivity index (χ1v) is 6.02. The molecular weight excluding hydrogens is 222 g/mol. The minimum atomic E-state index is -1.00. The molecule has 0 aromatic heterocycles. The minimum Gasteiger partial charge on any atom is -0.480 e. The van der Waals surface area contributed by atoms with Crippen molar-refractivity contribution in [2.75, 3.05) is 20.1 Å². The quantitative estimate of drug-likeness (QED) is 0.598. The lowest BCUT2D eigenvalue weighted by Crippen LogP contribution is -2.47. The van der Waals surface area contributed by atoms with Crippen molar-refractivity contribution in [3.63, 3.8) is 0 Å². The lowest BCUT2D eigenvalue weighted by atomic mass is 10.2. The highest BCUT2D eigenvalue weighted by molar-refractivity contribution is 5.82. The molecule has 17 heavy (non-hydrogen) atoms. The first kappa shape index (κ1) is 13.8. The number of amides is 2. The molecule has 0 saturated heterocycles. The summed E-state index contributed by atoms with van der Waals surface area (Å²) in [5, 5.41) is 13.8. The van der Waals surface area contributed by atoms with E-state index in [9.17, 15) is 9.59 Å². The average Bonchev–Trinajstić information content (AvgIpc) is 3.08. The van der Waals surface area contributed by atoms with Gasteiger partial charge in [0.25, 0.3) is 0 Å². The predicted molar refractivity (Wildman–Crippen MR) is 63.9 cm³/mol. The molecule has 0 spiro atoms. The van der Waals surface area contributed by atoms with Gasteiger partial charge in [0.1, 0.15) is 6.04 Å². The molecule has 0 radical (unpaired) electrons. The highest BCUT2D eigenvalue weighted by Crippen LogP contribution is 2.24. The highest BCUT2D eigenvalue weighted by Gasteiger charge is 2.25. The molecule has 1 unspecified atom stereocenters. The lowest BCUT2D eigenvalue weighted by molar-refractivity contribution is -0.139. The van der Waals surface area contributed by atoms with Gasteiger partial charge in [-0.2, -0.15) is 0 Å². The average molecular weight is 243 g/mol. The summed E-state index contributed by atoms with van der Waals surface area (Å²) in [7, 11) is 2.03. The van der Waals surface area contributed by atoms with Gasteiger partial charge in [-0.05, 0) is 26.3 Å². The first-order valence-electron chi connectivity index (χ1n) is 6.02. The Morgan fingerprint density at radius 2 is 2.12 bits per heavy atom. The summed E-state index contributed by atoms with van der Waals surface area (Å²) < 4.78 is 0. The Bertz CT molecular complexity index is 279. The molecular formula is C11H21N3O3. The van der Waals surface area contributed by atoms with Crippen molar-refractivity contribution in [2.45, 2.75) is 38.3 Å². The number of nitrogens with one attached hydrogen (secondary N) is 2. The van der Waals surface area contributed by atoms with E-state index in [0.29, 0.717) is 19.0 Å². The molecule has 6 nitrogen and oxygen atoms in total. The molecule has 1 saturated carbocycles. The number of carbonyl (C=O) groups is 2. The summed E-state index contributed by atoms with van der Waals surface area (Å²) >= 11 is 0. The van der Waals surface area contributed by atoms with Crippen molar-refractivity contribution >= 4 is 12.0 Å². The van der Waals surface area contributed by atoms with E-state index in [-0.39, 0.29) is 0 Å². The van der Waals surface area contributed by atoms with E-state index in [1.165, 1.54) is 12.8 Å². The Kier molecular flexibility index (Phi) is 5.21. The van der Waals surface area contributed by atoms with E-state index in [4.69, 9.17) is 5.11 Å². The molecule has 0 aliphatic heterocycles. The van der Waals surface area contributed by atoms with E-state index in [1.807, 2.05) is 7.05 Å². The van der Waals surface area contributed by atoms with Crippen LogP contribution in [0, 0.1) is 0 Å². The molecule has 0 bridgehead atoms. The normalized spacial score (nSPS) is 16.6. The summed E-state index contributed by atoms with van der Waals surface area (Å²) in [5.41, 5.74) is 0. The summed E-state index contributed by atoms with van der Waals surface area (Å²) in [6.45, 7) is 3.05. The second-order valence-corrected chi connectivity index (χ2v) is 4.41. The smallest absolute Gasteiger partial charge is 0.326 e. The van der Waals surface area contributed by atoms with Crippen molar-refractivity contribution in [3.05, 3.63) is 0 Å². The van der Waals surface area contributed by atoms with Crippen molar-refractivity contribution in [1.82, 2.24) is 15.5 Å². The fourth-order valence-electron chi connectivity index (χ4n) is 1.59. The third-order valence-corrected chi connectivity index (χ3v) is 2.93. The number of nitrogens with zero attached hydrogens (tertiary/aromatic N) is 1. The Morgan fingerprint density at radius 3 is 2.59 bits per heavy atom. The van der Waals surface area contributed by atoms with Crippen LogP contribution < -0.4 is 10.6 Å². The number of rotatable bonds is 7. The standard InChI is InChI=1S/C11H21N3O3/c1-3-9(10(15)16)13-11(17)12-6-7-14(2)8-4-5-8/h8-9H,3-7H2,1-2H3,(H,15,16)(H2,12,13,17). The van der Waals surface area contributed by atoms with Gasteiger partial charge in [0.2, 0.25) is 0 Å². The number of hydrogen-bond donors (Lipinski definition) is 3. The van der Waals surface area contributed by atoms with Crippen molar-refractivity contribution in [1.29, 1.82) is 0 Å². The summed E-state index contributed by atoms with van der Waals surface area (Å²) in [6.07, 6.45) is 2.85. The third kappa shape index (κ3) is 5.04. The van der Waals surface area contributed by atoms with Gasteiger partial charge < -0.3 is 20.6 Å². The zero-order valence-corrected chi connectivity index (χ0v) is 10.4. The van der Waals surface area contributed by atoms with Crippen molar-refractivity contribution in [3.8, 4) is 0 Å². The van der Waals surface area contributed by atoms with Crippen LogP contribution in [0.4, 0.5) is 4.79 Å². The summed E-state index contributed by atoms with van der Waals surface area (Å²) in [5.74, 6) is -1.00. The molecule has 1 rings (SSSR count). The number of likely N-dealkylation sites (N-methyl/N-ethyl adjacent to an activating group) is 1. The van der Waals surface area contributed by atoms with Gasteiger partial charge in [-0.3, -0.25) is 0 Å². The number of carboxylic acids is 1. The molecule has 2 amide bonds. The van der Waals surface area contributed by atoms with Gasteiger partial charge in [0, 0.05) is 19.1 Å². The largest absolute Gasteiger partial charge is 0.480 e. The monoisotopic (exact) mass is 243 g/mol. The van der Waals surface area contributed by atoms with Crippen LogP contribution in [-0.4, -0.2) is 54.2 Å². The van der Waals surface area contributed by atoms with Gasteiger partial charge >= 0.3 is 12.0 Å². The van der Waals surface area contributed by atoms with Crippen LogP contribution in [0.1, 0.15) is 26.2 Å². The van der Waals surface area contributed by atoms with Crippen LogP contribution in [0.5, 0.6) is 0 Å². The molecule has 3 N–H and O–H groups in total. The van der Waals surface area contributed by atoms with Crippen molar-refractivity contribution in [2.24, 2.45) is 0 Å². The fraction of sp³-hybridized carbons (Fsp3) is 0.818. The molecule has 1 atom stereocenters. The molecule has 0 aromatic carbocycles. The van der Waals surface area contributed by atoms with E-state index >= 15 is 0 Å². The van der Waals surface area contributed by atoms with Gasteiger partial charge in [-0.15, -0.1) is 0 Å². The topological polar surface area (TPSA) is 81.7 Å². The van der Waals surface area contributed by atoms with Gasteiger partial charge in [0.15, 0.2) is 0 Å². The maximum atomic E-state index is 11.4. The summed E-state index contributed by atoms with van der Waals surface area (Å²) in [4.78, 5) is 24.3. The van der Waals surface area contributed by atoms with Gasteiger partial charge in [-0.25, -0.2) is 9.59 Å². The second-order valence-electron chi connectivity index (χ2n) is 4.41. The summed E-state index contributed by atoms with van der Waals surface area (Å²) in [6, 6.07) is -0.554. The maximum Gasteiger partial charge on any atom is 0.326 e. The van der Waals surface area contributed by atoms with Crippen LogP contribution in [0.3, 0.4) is 0 Å². The zero-order chi connectivity index (χ0) is 12.8. The first-order chi connectivity index (χ1) is 8.04. The molecule has 98 valence electrons. The number of carbonyl (C=O) groups excluding carboxylic acids is 1. The molecule has 0 aromatic rings. The van der Waals surface area contributed by atoms with Crippen molar-refractivity contribution < 1.29 is 14.7 Å². The number of hydrogen-bond acceptors (Lipinski definition) is 3. The van der Waals surface area contributed by atoms with Crippen LogP contribution >= 0.6 is 0 Å². The second kappa shape index (κ2) is 6.44. The predicted octanol–water partition coefficient (Wildman–Crippen LogP) is 0.243. The highest BCUT2D eigenvalue weighted by atomic mass is 16.4. The Balaban J connectivity index is 2.13. The molecule has 1 aliphatic carbocycles. The Hall–Kier alpha value is -1.30. The zero-order valence-electron chi connectivity index (χ0n) is 10.4. The SMILES string of the molecule is CCC(NC(=O)NCCN(C)C1CC1)C(=O)O. The maximum absolute atomic E-state index is 11.4. The molecule has 6 heteroatoms. The van der Waals surface area contributed by atoms with E-state index in [2.05, 4.69) is 15.5 Å². The third-order valence-electron chi connectivity index (χ3n) is 2.93. The Labute approximate surface area is 101 Å². The number of aliphatic carboxylic acids is 1. The van der Waals surface area contributed by atoms with E-state index in [0.717, 1.165) is 6.54 Å². The fourth-order valence-corrected chi connectivity index (χ4v) is 1.59. The Morgan fingerprint density at radius 1 is 1.47 bits per heavy atom. The van der Waals surface area contributed by atoms with E-state index in [1.54, 1.807) is 6.92 Å². The molecule has 1 aliphatic rings. The van der Waals surface area contributed by atoms with Crippen LogP contribution in [0.25, 0.3) is 0 Å². The van der Waals surface area contributed by atoms with E-state index < -0.39 is 18.0 Å². The molecule has 0 heterocycles. The number of carboxylic acid groups (broad SMARTS) is 1. The van der Waals surface area contributed by atoms with Crippen LogP contribution in [0.15, 0.2) is 0 Å². The minimum absolute atomic E-state index is 0.380. The number of urea groups is 1. The van der Waals surface area contributed by atoms with Gasteiger partial charge in [0.05, 0.1) is 0 Å². The van der Waals surface area contributed by atoms with Gasteiger partial charge in [-0.1, -0.05) is 6.92 Å².